The highest BCUT2D eigenvalue weighted by Gasteiger charge is 2.06. The molecule has 0 rings (SSSR count). The maximum Gasteiger partial charge on any atom is 0.366 e. The summed E-state index contributed by atoms with van der Waals surface area (Å²) in [6.07, 6.45) is 1.55. The summed E-state index contributed by atoms with van der Waals surface area (Å²) in [6, 6.07) is 0. The van der Waals surface area contributed by atoms with Crippen LogP contribution in [0.2, 0.25) is 0 Å². The Morgan fingerprint density at radius 1 is 1.08 bits per heavy atom. The van der Waals surface area contributed by atoms with Gasteiger partial charge in [-0.25, -0.2) is 9.68 Å². The molecule has 4 nitrogen and oxygen atoms in total. The molecule has 4 heteroatoms. The Morgan fingerprint density at radius 3 is 1.69 bits per heavy atom. The summed E-state index contributed by atoms with van der Waals surface area (Å²) < 4.78 is 0. The van der Waals surface area contributed by atoms with Gasteiger partial charge in [-0.1, -0.05) is 32.9 Å². The van der Waals surface area contributed by atoms with Gasteiger partial charge in [-0.2, -0.15) is 0 Å². The monoisotopic (exact) mass is 188 g/mol. The molecular weight excluding hydrogens is 170 g/mol. The van der Waals surface area contributed by atoms with Crippen LogP contribution in [0, 0.1) is 11.8 Å². The summed E-state index contributed by atoms with van der Waals surface area (Å²) in [5.74, 6) is 0.719. The molecule has 0 N–H and O–H groups in total. The number of nitrogens with zero attached hydrogens (tertiary/aromatic N) is 1. The molecule has 0 aromatic rings. The van der Waals surface area contributed by atoms with Crippen LogP contribution >= 0.6 is 0 Å². The van der Waals surface area contributed by atoms with Gasteiger partial charge in [-0.05, 0) is 11.8 Å². The molecule has 0 saturated heterocycles. The normalized spacial score (nSPS) is 10.9. The molecular formula is C9H18NO3. The van der Waals surface area contributed by atoms with E-state index in [9.17, 15) is 4.79 Å². The molecule has 0 aliphatic heterocycles. The Balaban J connectivity index is 3.57. The number of hydrogen-bond acceptors (Lipinski definition) is 3. The lowest BCUT2D eigenvalue weighted by Crippen LogP contribution is -2.26. The van der Waals surface area contributed by atoms with Crippen LogP contribution in [-0.4, -0.2) is 24.9 Å². The Hall–Kier alpha value is -0.610. The highest BCUT2D eigenvalue weighted by atomic mass is 17.0. The minimum Gasteiger partial charge on any atom is -0.258 e. The van der Waals surface area contributed by atoms with Crippen LogP contribution in [0.3, 0.4) is 0 Å². The minimum atomic E-state index is 0.360. The molecule has 1 radical (unpaired) electrons. The first-order valence-electron chi connectivity index (χ1n) is 4.50. The lowest BCUT2D eigenvalue weighted by molar-refractivity contribution is -0.323. The van der Waals surface area contributed by atoms with Crippen LogP contribution in [0.1, 0.15) is 27.7 Å². The van der Waals surface area contributed by atoms with Crippen molar-refractivity contribution < 1.29 is 14.5 Å². The second-order valence-corrected chi connectivity index (χ2v) is 3.73. The fourth-order valence-electron chi connectivity index (χ4n) is 0.524. The molecule has 77 valence electrons. The smallest absolute Gasteiger partial charge is 0.258 e. The second kappa shape index (κ2) is 6.86. The molecule has 0 spiro atoms. The van der Waals surface area contributed by atoms with Gasteiger partial charge >= 0.3 is 6.41 Å². The van der Waals surface area contributed by atoms with Gasteiger partial charge in [-0.15, -0.1) is 0 Å². The molecule has 0 unspecified atom stereocenters. The van der Waals surface area contributed by atoms with Crippen molar-refractivity contribution in [2.24, 2.45) is 11.8 Å². The zero-order chi connectivity index (χ0) is 10.3. The Labute approximate surface area is 79.7 Å². The molecule has 0 aliphatic rings. The highest BCUT2D eigenvalue weighted by Crippen LogP contribution is 1.99. The van der Waals surface area contributed by atoms with Crippen molar-refractivity contribution in [2.75, 3.05) is 13.2 Å². The first kappa shape index (κ1) is 12.4. The van der Waals surface area contributed by atoms with Crippen LogP contribution in [0.25, 0.3) is 0 Å². The molecule has 0 bridgehead atoms. The van der Waals surface area contributed by atoms with Gasteiger partial charge in [-0.3, -0.25) is 4.79 Å². The summed E-state index contributed by atoms with van der Waals surface area (Å²) in [5.41, 5.74) is 0. The van der Waals surface area contributed by atoms with E-state index in [-0.39, 0.29) is 0 Å². The van der Waals surface area contributed by atoms with Gasteiger partial charge < -0.3 is 0 Å². The summed E-state index contributed by atoms with van der Waals surface area (Å²) in [7, 11) is 0. The van der Waals surface area contributed by atoms with Gasteiger partial charge in [0.1, 0.15) is 0 Å². The van der Waals surface area contributed by atoms with E-state index in [1.54, 1.807) is 6.41 Å². The van der Waals surface area contributed by atoms with E-state index < -0.39 is 0 Å². The van der Waals surface area contributed by atoms with Crippen molar-refractivity contribution in [3.8, 4) is 0 Å². The maximum absolute atomic E-state index is 10.3. The lowest BCUT2D eigenvalue weighted by Gasteiger charge is -2.17. The molecule has 0 aromatic heterocycles. The SMILES string of the molecule is CC(C)CON([C]=O)OCC(C)C. The third-order valence-corrected chi connectivity index (χ3v) is 1.12. The van der Waals surface area contributed by atoms with Crippen LogP contribution in [0.15, 0.2) is 0 Å². The predicted octanol–water partition coefficient (Wildman–Crippen LogP) is 1.53. The van der Waals surface area contributed by atoms with Crippen molar-refractivity contribution in [3.05, 3.63) is 0 Å². The van der Waals surface area contributed by atoms with Crippen molar-refractivity contribution in [2.45, 2.75) is 27.7 Å². The van der Waals surface area contributed by atoms with E-state index in [1.807, 2.05) is 27.7 Å². The van der Waals surface area contributed by atoms with E-state index in [4.69, 9.17) is 9.68 Å². The second-order valence-electron chi connectivity index (χ2n) is 3.73. The number of carbonyl (C=O) groups excluding carboxylic acids is 1. The van der Waals surface area contributed by atoms with Crippen molar-refractivity contribution in [1.82, 2.24) is 5.23 Å². The summed E-state index contributed by atoms with van der Waals surface area (Å²) in [5, 5.41) is 0.764. The molecule has 0 heterocycles. The maximum atomic E-state index is 10.3. The number of amides is 1. The molecule has 0 aliphatic carbocycles. The van der Waals surface area contributed by atoms with E-state index in [0.717, 1.165) is 5.23 Å². The first-order valence-corrected chi connectivity index (χ1v) is 4.50. The zero-order valence-corrected chi connectivity index (χ0v) is 8.74. The molecule has 0 atom stereocenters. The van der Waals surface area contributed by atoms with Crippen LogP contribution in [0.5, 0.6) is 0 Å². The predicted molar refractivity (Wildman–Crippen MR) is 49.1 cm³/mol. The standard InChI is InChI=1S/C9H18NO3/c1-8(2)5-12-10(7-11)13-6-9(3)4/h8-9H,5-6H2,1-4H3. The van der Waals surface area contributed by atoms with Crippen molar-refractivity contribution in [3.63, 3.8) is 0 Å². The fourth-order valence-corrected chi connectivity index (χ4v) is 0.524. The van der Waals surface area contributed by atoms with Crippen molar-refractivity contribution in [1.29, 1.82) is 0 Å². The van der Waals surface area contributed by atoms with Gasteiger partial charge in [0.15, 0.2) is 0 Å². The topological polar surface area (TPSA) is 38.8 Å². The van der Waals surface area contributed by atoms with Gasteiger partial charge in [0, 0.05) is 0 Å². The molecule has 13 heavy (non-hydrogen) atoms. The lowest BCUT2D eigenvalue weighted by atomic mass is 10.2. The Bertz CT molecular complexity index is 125. The van der Waals surface area contributed by atoms with Crippen LogP contribution < -0.4 is 0 Å². The summed E-state index contributed by atoms with van der Waals surface area (Å²) in [4.78, 5) is 20.3. The Morgan fingerprint density at radius 2 is 1.46 bits per heavy atom. The third kappa shape index (κ3) is 7.74. The minimum absolute atomic E-state index is 0.360. The molecule has 0 aromatic carbocycles. The molecule has 0 saturated carbocycles. The van der Waals surface area contributed by atoms with Gasteiger partial charge in [0.2, 0.25) is 0 Å². The Kier molecular flexibility index (Phi) is 6.54. The largest absolute Gasteiger partial charge is 0.366 e. The fraction of sp³-hybridized carbons (Fsp3) is 0.889. The van der Waals surface area contributed by atoms with E-state index in [1.165, 1.54) is 0 Å². The number of hydroxylamine groups is 2. The van der Waals surface area contributed by atoms with Gasteiger partial charge in [0.25, 0.3) is 0 Å². The average molecular weight is 188 g/mol. The van der Waals surface area contributed by atoms with E-state index in [0.29, 0.717) is 25.0 Å². The summed E-state index contributed by atoms with van der Waals surface area (Å²) >= 11 is 0. The van der Waals surface area contributed by atoms with Gasteiger partial charge in [0.05, 0.1) is 13.2 Å². The highest BCUT2D eigenvalue weighted by molar-refractivity contribution is 5.44. The first-order chi connectivity index (χ1) is 6.06. The van der Waals surface area contributed by atoms with Crippen LogP contribution in [-0.2, 0) is 14.5 Å². The van der Waals surface area contributed by atoms with E-state index in [2.05, 4.69) is 0 Å². The number of rotatable bonds is 7. The van der Waals surface area contributed by atoms with Crippen LogP contribution in [0.4, 0.5) is 0 Å². The molecule has 1 amide bonds. The van der Waals surface area contributed by atoms with Crippen molar-refractivity contribution >= 4 is 6.41 Å². The zero-order valence-electron chi connectivity index (χ0n) is 8.74. The third-order valence-electron chi connectivity index (χ3n) is 1.12. The summed E-state index contributed by atoms with van der Waals surface area (Å²) in [6.45, 7) is 8.87. The number of hydrogen-bond donors (Lipinski definition) is 0. The quantitative estimate of drug-likeness (QED) is 0.449. The molecule has 0 fully saturated rings. The average Bonchev–Trinajstić information content (AvgIpc) is 2.04. The van der Waals surface area contributed by atoms with E-state index >= 15 is 0 Å².